The van der Waals surface area contributed by atoms with Gasteiger partial charge in [-0.25, -0.2) is 9.78 Å². The molecule has 0 saturated heterocycles. The third-order valence-corrected chi connectivity index (χ3v) is 3.96. The number of rotatable bonds is 4. The summed E-state index contributed by atoms with van der Waals surface area (Å²) in [5, 5.41) is 11.3. The largest absolute Gasteiger partial charge is 0.485 e. The molecule has 0 unspecified atom stereocenters. The predicted molar refractivity (Wildman–Crippen MR) is 88.9 cm³/mol. The number of ether oxygens (including phenoxy) is 1. The van der Waals surface area contributed by atoms with E-state index in [0.717, 1.165) is 5.56 Å². The van der Waals surface area contributed by atoms with Gasteiger partial charge in [-0.15, -0.1) is 0 Å². The maximum absolute atomic E-state index is 10.9. The molecular formula is C16H13BrN2O4. The van der Waals surface area contributed by atoms with E-state index in [4.69, 9.17) is 14.3 Å². The summed E-state index contributed by atoms with van der Waals surface area (Å²) in [5.74, 6) is 0.897. The summed E-state index contributed by atoms with van der Waals surface area (Å²) in [4.78, 5) is 15.2. The molecule has 0 spiro atoms. The van der Waals surface area contributed by atoms with Crippen LogP contribution < -0.4 is 10.1 Å². The zero-order valence-corrected chi connectivity index (χ0v) is 13.8. The van der Waals surface area contributed by atoms with Crippen LogP contribution in [0.5, 0.6) is 5.75 Å². The minimum atomic E-state index is -1.17. The normalized spacial score (nSPS) is 10.7. The van der Waals surface area contributed by atoms with Crippen molar-refractivity contribution in [2.24, 2.45) is 0 Å². The van der Waals surface area contributed by atoms with E-state index in [-0.39, 0.29) is 0 Å². The minimum Gasteiger partial charge on any atom is -0.485 e. The van der Waals surface area contributed by atoms with Crippen LogP contribution in [0.15, 0.2) is 45.3 Å². The lowest BCUT2D eigenvalue weighted by atomic mass is 10.2. The van der Waals surface area contributed by atoms with Gasteiger partial charge in [0.1, 0.15) is 12.1 Å². The molecule has 1 heterocycles. The number of carbonyl (C=O) groups is 1. The fourth-order valence-electron chi connectivity index (χ4n) is 2.18. The number of oxazole rings is 1. The molecule has 2 N–H and O–H groups in total. The Hall–Kier alpha value is -2.54. The van der Waals surface area contributed by atoms with Crippen LogP contribution >= 0.6 is 15.9 Å². The monoisotopic (exact) mass is 376 g/mol. The van der Waals surface area contributed by atoms with Crippen molar-refractivity contribution in [3.05, 3.63) is 52.3 Å². The molecule has 23 heavy (non-hydrogen) atoms. The Morgan fingerprint density at radius 2 is 2.13 bits per heavy atom. The van der Waals surface area contributed by atoms with Gasteiger partial charge in [-0.3, -0.25) is 5.32 Å². The highest BCUT2D eigenvalue weighted by atomic mass is 79.9. The van der Waals surface area contributed by atoms with Crippen molar-refractivity contribution in [1.29, 1.82) is 0 Å². The summed E-state index contributed by atoms with van der Waals surface area (Å²) >= 11 is 3.35. The van der Waals surface area contributed by atoms with E-state index in [9.17, 15) is 4.79 Å². The Labute approximate surface area is 140 Å². The van der Waals surface area contributed by atoms with Crippen LogP contribution in [0.3, 0.4) is 0 Å². The van der Waals surface area contributed by atoms with Gasteiger partial charge < -0.3 is 14.3 Å². The molecular weight excluding hydrogens is 364 g/mol. The number of nitrogens with zero attached hydrogens (tertiary/aromatic N) is 1. The van der Waals surface area contributed by atoms with E-state index in [1.165, 1.54) is 0 Å². The number of fused-ring (bicyclic) bond motifs is 1. The molecule has 0 radical (unpaired) electrons. The van der Waals surface area contributed by atoms with Gasteiger partial charge in [0.05, 0.1) is 10.2 Å². The third-order valence-electron chi connectivity index (χ3n) is 3.16. The van der Waals surface area contributed by atoms with Crippen LogP contribution in [0.25, 0.3) is 11.1 Å². The van der Waals surface area contributed by atoms with Crippen LogP contribution in [0.4, 0.5) is 10.5 Å². The van der Waals surface area contributed by atoms with Gasteiger partial charge in [0.15, 0.2) is 17.2 Å². The van der Waals surface area contributed by atoms with Crippen molar-refractivity contribution < 1.29 is 19.1 Å². The molecule has 2 aromatic carbocycles. The van der Waals surface area contributed by atoms with Gasteiger partial charge in [-0.05, 0) is 21.5 Å². The van der Waals surface area contributed by atoms with Crippen molar-refractivity contribution in [3.8, 4) is 5.75 Å². The molecule has 0 aliphatic rings. The van der Waals surface area contributed by atoms with Crippen molar-refractivity contribution in [3.63, 3.8) is 0 Å². The third kappa shape index (κ3) is 3.29. The Morgan fingerprint density at radius 3 is 2.83 bits per heavy atom. The van der Waals surface area contributed by atoms with Crippen molar-refractivity contribution in [2.45, 2.75) is 13.5 Å². The van der Waals surface area contributed by atoms with Crippen LogP contribution in [0, 0.1) is 6.92 Å². The van der Waals surface area contributed by atoms with E-state index in [0.29, 0.717) is 39.5 Å². The molecule has 1 aromatic heterocycles. The van der Waals surface area contributed by atoms with Crippen molar-refractivity contribution in [1.82, 2.24) is 4.98 Å². The molecule has 0 aliphatic heterocycles. The molecule has 3 rings (SSSR count). The van der Waals surface area contributed by atoms with Crippen LogP contribution in [0.2, 0.25) is 0 Å². The summed E-state index contributed by atoms with van der Waals surface area (Å²) < 4.78 is 11.9. The standard InChI is InChI=1S/C16H13BrN2O4/c1-9-18-14-13(17)11(19-16(20)21)7-12(15(14)23-9)22-8-10-5-3-2-4-6-10/h2-7,19H,8H2,1H3,(H,20,21). The van der Waals surface area contributed by atoms with Gasteiger partial charge >= 0.3 is 6.09 Å². The quantitative estimate of drug-likeness (QED) is 0.696. The van der Waals surface area contributed by atoms with Crippen molar-refractivity contribution in [2.75, 3.05) is 5.32 Å². The lowest BCUT2D eigenvalue weighted by Crippen LogP contribution is -2.08. The second-order valence-electron chi connectivity index (χ2n) is 4.85. The Morgan fingerprint density at radius 1 is 1.39 bits per heavy atom. The number of hydrogen-bond acceptors (Lipinski definition) is 4. The zero-order chi connectivity index (χ0) is 16.4. The Bertz CT molecular complexity index is 861. The first kappa shape index (κ1) is 15.4. The van der Waals surface area contributed by atoms with Gasteiger partial charge in [-0.1, -0.05) is 30.3 Å². The van der Waals surface area contributed by atoms with Crippen LogP contribution in [-0.2, 0) is 6.61 Å². The molecule has 0 aliphatic carbocycles. The zero-order valence-electron chi connectivity index (χ0n) is 12.2. The highest BCUT2D eigenvalue weighted by Crippen LogP contribution is 2.38. The van der Waals surface area contributed by atoms with E-state index in [2.05, 4.69) is 26.2 Å². The topological polar surface area (TPSA) is 84.6 Å². The fraction of sp³-hybridized carbons (Fsp3) is 0.125. The number of carboxylic acid groups (broad SMARTS) is 1. The van der Waals surface area contributed by atoms with E-state index >= 15 is 0 Å². The summed E-state index contributed by atoms with van der Waals surface area (Å²) in [5.41, 5.74) is 2.33. The number of nitrogens with one attached hydrogen (secondary N) is 1. The van der Waals surface area contributed by atoms with E-state index < -0.39 is 6.09 Å². The second-order valence-corrected chi connectivity index (χ2v) is 5.64. The molecule has 118 valence electrons. The van der Waals surface area contributed by atoms with Crippen LogP contribution in [0.1, 0.15) is 11.5 Å². The molecule has 3 aromatic rings. The number of halogens is 1. The number of anilines is 1. The maximum Gasteiger partial charge on any atom is 0.409 e. The number of benzene rings is 2. The van der Waals surface area contributed by atoms with Gasteiger partial charge in [0.2, 0.25) is 0 Å². The maximum atomic E-state index is 10.9. The molecule has 1 amide bonds. The summed E-state index contributed by atoms with van der Waals surface area (Å²) in [6.07, 6.45) is -1.17. The van der Waals surface area contributed by atoms with Crippen LogP contribution in [-0.4, -0.2) is 16.2 Å². The number of amides is 1. The highest BCUT2D eigenvalue weighted by Gasteiger charge is 2.18. The highest BCUT2D eigenvalue weighted by molar-refractivity contribution is 9.10. The molecule has 6 nitrogen and oxygen atoms in total. The summed E-state index contributed by atoms with van der Waals surface area (Å²) in [6.45, 7) is 2.06. The fourth-order valence-corrected chi connectivity index (χ4v) is 2.66. The Kier molecular flexibility index (Phi) is 4.20. The van der Waals surface area contributed by atoms with Crippen molar-refractivity contribution >= 4 is 38.8 Å². The first-order valence-corrected chi connectivity index (χ1v) is 7.60. The molecule has 7 heteroatoms. The minimum absolute atomic E-state index is 0.337. The number of aromatic nitrogens is 1. The number of aryl methyl sites for hydroxylation is 1. The van der Waals surface area contributed by atoms with Gasteiger partial charge in [-0.2, -0.15) is 0 Å². The summed E-state index contributed by atoms with van der Waals surface area (Å²) in [6, 6.07) is 11.2. The summed E-state index contributed by atoms with van der Waals surface area (Å²) in [7, 11) is 0. The first-order chi connectivity index (χ1) is 11.0. The van der Waals surface area contributed by atoms with E-state index in [1.54, 1.807) is 13.0 Å². The Balaban J connectivity index is 2.00. The SMILES string of the molecule is Cc1nc2c(Br)c(NC(=O)O)cc(OCc3ccccc3)c2o1. The lowest BCUT2D eigenvalue weighted by molar-refractivity contribution is 0.209. The molecule has 0 saturated carbocycles. The molecule has 0 atom stereocenters. The molecule has 0 bridgehead atoms. The second kappa shape index (κ2) is 6.29. The van der Waals surface area contributed by atoms with Gasteiger partial charge in [0, 0.05) is 13.0 Å². The smallest absolute Gasteiger partial charge is 0.409 e. The van der Waals surface area contributed by atoms with E-state index in [1.807, 2.05) is 30.3 Å². The lowest BCUT2D eigenvalue weighted by Gasteiger charge is -2.10. The number of hydrogen-bond donors (Lipinski definition) is 2. The van der Waals surface area contributed by atoms with Gasteiger partial charge in [0.25, 0.3) is 0 Å². The first-order valence-electron chi connectivity index (χ1n) is 6.81. The molecule has 0 fully saturated rings. The predicted octanol–water partition coefficient (Wildman–Crippen LogP) is 4.57. The average Bonchev–Trinajstić information content (AvgIpc) is 2.92. The average molecular weight is 377 g/mol.